The predicted molar refractivity (Wildman–Crippen MR) is 112 cm³/mol. The van der Waals surface area contributed by atoms with Crippen molar-refractivity contribution in [1.29, 1.82) is 0 Å². The van der Waals surface area contributed by atoms with Crippen LogP contribution in [-0.4, -0.2) is 48.5 Å². The molecule has 0 bridgehead atoms. The van der Waals surface area contributed by atoms with Crippen LogP contribution in [0.1, 0.15) is 41.6 Å². The predicted octanol–water partition coefficient (Wildman–Crippen LogP) is 3.11. The normalized spacial score (nSPS) is 22.6. The molecule has 0 saturated carbocycles. The van der Waals surface area contributed by atoms with Gasteiger partial charge in [-0.1, -0.05) is 30.3 Å². The van der Waals surface area contributed by atoms with Crippen molar-refractivity contribution in [3.8, 4) is 0 Å². The highest BCUT2D eigenvalue weighted by Crippen LogP contribution is 2.40. The molecule has 5 heteroatoms. The molecule has 148 valence electrons. The van der Waals surface area contributed by atoms with Crippen LogP contribution in [0.2, 0.25) is 0 Å². The molecule has 2 saturated heterocycles. The van der Waals surface area contributed by atoms with E-state index in [2.05, 4.69) is 45.1 Å². The number of primary amides is 1. The lowest BCUT2D eigenvalue weighted by atomic mass is 9.79. The lowest BCUT2D eigenvalue weighted by Crippen LogP contribution is -2.45. The number of pyridine rings is 1. The summed E-state index contributed by atoms with van der Waals surface area (Å²) in [7, 11) is 0. The third-order valence-corrected chi connectivity index (χ3v) is 6.31. The summed E-state index contributed by atoms with van der Waals surface area (Å²) in [6.45, 7) is 5.44. The molecule has 0 aliphatic carbocycles. The maximum atomic E-state index is 11.8. The summed E-state index contributed by atoms with van der Waals surface area (Å²) in [5, 5.41) is 0. The van der Waals surface area contributed by atoms with E-state index >= 15 is 0 Å². The minimum absolute atomic E-state index is 0.317. The number of anilines is 1. The van der Waals surface area contributed by atoms with Crippen LogP contribution in [-0.2, 0) is 6.42 Å². The van der Waals surface area contributed by atoms with Gasteiger partial charge < -0.3 is 15.5 Å². The molecule has 2 N–H and O–H groups in total. The molecule has 0 unspecified atom stereocenters. The SMILES string of the molecule is NC(=O)c1cccnc1N1CC[C@@]2(CCCN(CCCc3ccccc3)C2)C1. The van der Waals surface area contributed by atoms with Crippen LogP contribution < -0.4 is 10.6 Å². The van der Waals surface area contributed by atoms with Crippen molar-refractivity contribution >= 4 is 11.7 Å². The summed E-state index contributed by atoms with van der Waals surface area (Å²) in [6, 6.07) is 14.3. The lowest BCUT2D eigenvalue weighted by Gasteiger charge is -2.40. The molecule has 3 heterocycles. The zero-order valence-corrected chi connectivity index (χ0v) is 16.5. The summed E-state index contributed by atoms with van der Waals surface area (Å²) in [5.41, 5.74) is 7.84. The Bertz CT molecular complexity index is 809. The summed E-state index contributed by atoms with van der Waals surface area (Å²) in [5.74, 6) is 0.364. The number of carbonyl (C=O) groups is 1. The Morgan fingerprint density at radius 3 is 2.75 bits per heavy atom. The van der Waals surface area contributed by atoms with Crippen LogP contribution in [0, 0.1) is 5.41 Å². The third-order valence-electron chi connectivity index (χ3n) is 6.31. The Hall–Kier alpha value is -2.40. The van der Waals surface area contributed by atoms with Crippen molar-refractivity contribution in [3.63, 3.8) is 0 Å². The number of rotatable bonds is 6. The number of nitrogens with two attached hydrogens (primary N) is 1. The fourth-order valence-corrected chi connectivity index (χ4v) is 4.94. The molecular weight excluding hydrogens is 348 g/mol. The number of amides is 1. The van der Waals surface area contributed by atoms with Gasteiger partial charge in [0.25, 0.3) is 5.91 Å². The molecule has 2 fully saturated rings. The molecule has 1 atom stereocenters. The van der Waals surface area contributed by atoms with E-state index in [-0.39, 0.29) is 0 Å². The van der Waals surface area contributed by atoms with Crippen molar-refractivity contribution in [2.24, 2.45) is 11.1 Å². The minimum Gasteiger partial charge on any atom is -0.365 e. The van der Waals surface area contributed by atoms with Crippen molar-refractivity contribution in [2.45, 2.75) is 32.1 Å². The number of carbonyl (C=O) groups excluding carboxylic acids is 1. The Kier molecular flexibility index (Phi) is 5.62. The van der Waals surface area contributed by atoms with Gasteiger partial charge in [-0.25, -0.2) is 4.98 Å². The van der Waals surface area contributed by atoms with E-state index in [4.69, 9.17) is 5.73 Å². The zero-order chi connectivity index (χ0) is 19.4. The first-order valence-corrected chi connectivity index (χ1v) is 10.4. The first-order valence-electron chi connectivity index (χ1n) is 10.4. The first-order chi connectivity index (χ1) is 13.7. The van der Waals surface area contributed by atoms with Crippen molar-refractivity contribution in [1.82, 2.24) is 9.88 Å². The van der Waals surface area contributed by atoms with Crippen molar-refractivity contribution in [2.75, 3.05) is 37.6 Å². The largest absolute Gasteiger partial charge is 0.365 e. The number of hydrogen-bond acceptors (Lipinski definition) is 4. The zero-order valence-electron chi connectivity index (χ0n) is 16.5. The Morgan fingerprint density at radius 1 is 1.07 bits per heavy atom. The number of piperidine rings is 1. The van der Waals surface area contributed by atoms with E-state index in [0.29, 0.717) is 11.0 Å². The third kappa shape index (κ3) is 4.20. The summed E-state index contributed by atoms with van der Waals surface area (Å²) < 4.78 is 0. The highest BCUT2D eigenvalue weighted by atomic mass is 16.1. The van der Waals surface area contributed by atoms with E-state index in [0.717, 1.165) is 44.8 Å². The van der Waals surface area contributed by atoms with Gasteiger partial charge in [-0.3, -0.25) is 4.79 Å². The Balaban J connectivity index is 1.36. The molecule has 1 spiro atoms. The fourth-order valence-electron chi connectivity index (χ4n) is 4.94. The minimum atomic E-state index is -0.393. The van der Waals surface area contributed by atoms with Crippen LogP contribution in [0.4, 0.5) is 5.82 Å². The van der Waals surface area contributed by atoms with Crippen LogP contribution in [0.15, 0.2) is 48.7 Å². The molecule has 1 aromatic heterocycles. The van der Waals surface area contributed by atoms with E-state index in [9.17, 15) is 4.79 Å². The average molecular weight is 379 g/mol. The van der Waals surface area contributed by atoms with Gasteiger partial charge in [0.15, 0.2) is 0 Å². The molecule has 0 radical (unpaired) electrons. The average Bonchev–Trinajstić information content (AvgIpc) is 3.12. The second kappa shape index (κ2) is 8.31. The van der Waals surface area contributed by atoms with Gasteiger partial charge in [0.05, 0.1) is 5.56 Å². The second-order valence-corrected chi connectivity index (χ2v) is 8.38. The van der Waals surface area contributed by atoms with Gasteiger partial charge in [-0.15, -0.1) is 0 Å². The molecule has 28 heavy (non-hydrogen) atoms. The van der Waals surface area contributed by atoms with E-state index in [1.54, 1.807) is 18.3 Å². The van der Waals surface area contributed by atoms with Crippen LogP contribution in [0.25, 0.3) is 0 Å². The van der Waals surface area contributed by atoms with Gasteiger partial charge >= 0.3 is 0 Å². The number of benzene rings is 1. The quantitative estimate of drug-likeness (QED) is 0.839. The van der Waals surface area contributed by atoms with E-state index in [1.165, 1.54) is 31.4 Å². The standard InChI is InChI=1S/C23H30N4O/c24-21(28)20-10-4-13-25-22(20)27-16-12-23(18-27)11-6-15-26(17-23)14-5-9-19-7-2-1-3-8-19/h1-4,7-8,10,13H,5-6,9,11-12,14-18H2,(H2,24,28)/t23-/m1/s1. The molecule has 5 nitrogen and oxygen atoms in total. The Labute approximate surface area is 167 Å². The van der Waals surface area contributed by atoms with Crippen LogP contribution in [0.5, 0.6) is 0 Å². The number of aryl methyl sites for hydroxylation is 1. The monoisotopic (exact) mass is 378 g/mol. The van der Waals surface area contributed by atoms with Crippen LogP contribution in [0.3, 0.4) is 0 Å². The highest BCUT2D eigenvalue weighted by molar-refractivity contribution is 5.97. The molecule has 2 aliphatic rings. The lowest BCUT2D eigenvalue weighted by molar-refractivity contribution is 0.0998. The number of hydrogen-bond donors (Lipinski definition) is 1. The van der Waals surface area contributed by atoms with Gasteiger partial charge in [-0.05, 0) is 62.9 Å². The highest BCUT2D eigenvalue weighted by Gasteiger charge is 2.42. The summed E-state index contributed by atoms with van der Waals surface area (Å²) in [6.07, 6.45) is 7.78. The molecule has 1 amide bonds. The molecule has 4 rings (SSSR count). The molecule has 2 aliphatic heterocycles. The summed E-state index contributed by atoms with van der Waals surface area (Å²) in [4.78, 5) is 21.2. The second-order valence-electron chi connectivity index (χ2n) is 8.38. The van der Waals surface area contributed by atoms with Gasteiger partial charge in [0.1, 0.15) is 5.82 Å². The van der Waals surface area contributed by atoms with Crippen molar-refractivity contribution in [3.05, 3.63) is 59.8 Å². The maximum absolute atomic E-state index is 11.8. The maximum Gasteiger partial charge on any atom is 0.252 e. The topological polar surface area (TPSA) is 62.5 Å². The van der Waals surface area contributed by atoms with Gasteiger partial charge in [0.2, 0.25) is 0 Å². The first kappa shape index (κ1) is 18.9. The molecule has 2 aromatic rings. The van der Waals surface area contributed by atoms with Crippen molar-refractivity contribution < 1.29 is 4.79 Å². The fraction of sp³-hybridized carbons (Fsp3) is 0.478. The van der Waals surface area contributed by atoms with Gasteiger partial charge in [0, 0.05) is 31.2 Å². The summed E-state index contributed by atoms with van der Waals surface area (Å²) >= 11 is 0. The molecule has 1 aromatic carbocycles. The van der Waals surface area contributed by atoms with Crippen LogP contribution >= 0.6 is 0 Å². The van der Waals surface area contributed by atoms with Gasteiger partial charge in [-0.2, -0.15) is 0 Å². The number of aromatic nitrogens is 1. The number of likely N-dealkylation sites (tertiary alicyclic amines) is 1. The van der Waals surface area contributed by atoms with E-state index in [1.807, 2.05) is 0 Å². The Morgan fingerprint density at radius 2 is 1.93 bits per heavy atom. The molecular formula is C23H30N4O. The smallest absolute Gasteiger partial charge is 0.252 e. The number of nitrogens with zero attached hydrogens (tertiary/aromatic N) is 3. The van der Waals surface area contributed by atoms with E-state index < -0.39 is 5.91 Å².